The van der Waals surface area contributed by atoms with Gasteiger partial charge >= 0.3 is 0 Å². The first-order valence-corrected chi connectivity index (χ1v) is 7.42. The Morgan fingerprint density at radius 2 is 2.00 bits per heavy atom. The molecule has 1 amide bonds. The van der Waals surface area contributed by atoms with Gasteiger partial charge in [-0.1, -0.05) is 30.3 Å². The molecule has 0 spiro atoms. The van der Waals surface area contributed by atoms with Crippen LogP contribution < -0.4 is 5.32 Å². The number of carbonyl (C=O) groups is 1. The van der Waals surface area contributed by atoms with E-state index in [-0.39, 0.29) is 5.91 Å². The highest BCUT2D eigenvalue weighted by Crippen LogP contribution is 2.31. The Labute approximate surface area is 120 Å². The molecule has 2 saturated heterocycles. The smallest absolute Gasteiger partial charge is 0.256 e. The number of methoxy groups -OCH3 is 1. The molecule has 2 bridgehead atoms. The van der Waals surface area contributed by atoms with Crippen molar-refractivity contribution >= 4 is 5.91 Å². The molecular formula is C16H22N2O2. The monoisotopic (exact) mass is 274 g/mol. The van der Waals surface area contributed by atoms with Crippen LogP contribution in [0.4, 0.5) is 0 Å². The maximum absolute atomic E-state index is 12.9. The van der Waals surface area contributed by atoms with Gasteiger partial charge in [-0.25, -0.2) is 0 Å². The van der Waals surface area contributed by atoms with Crippen LogP contribution in [0.15, 0.2) is 30.3 Å². The van der Waals surface area contributed by atoms with Crippen LogP contribution in [0.5, 0.6) is 0 Å². The van der Waals surface area contributed by atoms with Crippen molar-refractivity contribution in [3.8, 4) is 0 Å². The Bertz CT molecular complexity index is 449. The fourth-order valence-electron chi connectivity index (χ4n) is 3.48. The van der Waals surface area contributed by atoms with Crippen molar-refractivity contribution in [3.63, 3.8) is 0 Å². The molecule has 0 radical (unpaired) electrons. The maximum Gasteiger partial charge on any atom is 0.256 e. The molecule has 4 nitrogen and oxygen atoms in total. The molecule has 3 atom stereocenters. The molecule has 3 rings (SSSR count). The average molecular weight is 274 g/mol. The van der Waals surface area contributed by atoms with E-state index in [1.807, 2.05) is 30.3 Å². The normalized spacial score (nSPS) is 27.1. The third kappa shape index (κ3) is 2.45. The summed E-state index contributed by atoms with van der Waals surface area (Å²) >= 11 is 0. The lowest BCUT2D eigenvalue weighted by molar-refractivity contribution is -0.145. The van der Waals surface area contributed by atoms with Gasteiger partial charge in [0.25, 0.3) is 5.91 Å². The summed E-state index contributed by atoms with van der Waals surface area (Å²) in [5.74, 6) is 0.120. The van der Waals surface area contributed by atoms with Crippen LogP contribution in [0.25, 0.3) is 0 Å². The fourth-order valence-corrected chi connectivity index (χ4v) is 3.48. The lowest BCUT2D eigenvalue weighted by Crippen LogP contribution is -2.45. The number of rotatable bonds is 3. The van der Waals surface area contributed by atoms with Crippen molar-refractivity contribution in [1.82, 2.24) is 10.2 Å². The Balaban J connectivity index is 1.83. The third-order valence-corrected chi connectivity index (χ3v) is 4.47. The van der Waals surface area contributed by atoms with Crippen molar-refractivity contribution in [2.75, 3.05) is 20.2 Å². The van der Waals surface area contributed by atoms with Gasteiger partial charge in [-0.3, -0.25) is 4.79 Å². The standard InChI is InChI=1S/C16H22N2O2/c1-20-15(12-5-3-2-4-6-12)16(19)18-13-7-8-14(18)11-17-10-9-13/h2-6,13-15,17H,7-11H2,1H3. The van der Waals surface area contributed by atoms with Gasteiger partial charge < -0.3 is 15.0 Å². The van der Waals surface area contributed by atoms with E-state index in [4.69, 9.17) is 4.74 Å². The summed E-state index contributed by atoms with van der Waals surface area (Å²) < 4.78 is 5.51. The number of hydrogen-bond acceptors (Lipinski definition) is 3. The van der Waals surface area contributed by atoms with Gasteiger partial charge in [-0.15, -0.1) is 0 Å². The zero-order chi connectivity index (χ0) is 13.9. The topological polar surface area (TPSA) is 41.6 Å². The van der Waals surface area contributed by atoms with Crippen molar-refractivity contribution < 1.29 is 9.53 Å². The number of hydrogen-bond donors (Lipinski definition) is 1. The quantitative estimate of drug-likeness (QED) is 0.912. The highest BCUT2D eigenvalue weighted by Gasteiger charge is 2.40. The first-order chi connectivity index (χ1) is 9.81. The Morgan fingerprint density at radius 1 is 1.25 bits per heavy atom. The number of nitrogens with one attached hydrogen (secondary N) is 1. The van der Waals surface area contributed by atoms with E-state index in [1.54, 1.807) is 7.11 Å². The lowest BCUT2D eigenvalue weighted by atomic mass is 10.1. The number of amides is 1. The second-order valence-electron chi connectivity index (χ2n) is 5.65. The molecule has 2 fully saturated rings. The predicted octanol–water partition coefficient (Wildman–Crippen LogP) is 1.73. The summed E-state index contributed by atoms with van der Waals surface area (Å²) in [6, 6.07) is 10.5. The van der Waals surface area contributed by atoms with Crippen LogP contribution in [-0.2, 0) is 9.53 Å². The van der Waals surface area contributed by atoms with E-state index in [0.29, 0.717) is 12.1 Å². The maximum atomic E-state index is 12.9. The molecule has 2 aliphatic rings. The first-order valence-electron chi connectivity index (χ1n) is 7.42. The highest BCUT2D eigenvalue weighted by molar-refractivity contribution is 5.83. The molecule has 4 heteroatoms. The van der Waals surface area contributed by atoms with Gasteiger partial charge in [0.15, 0.2) is 6.10 Å². The van der Waals surface area contributed by atoms with E-state index < -0.39 is 6.10 Å². The third-order valence-electron chi connectivity index (χ3n) is 4.47. The van der Waals surface area contributed by atoms with Crippen LogP contribution in [-0.4, -0.2) is 43.1 Å². The average Bonchev–Trinajstić information content (AvgIpc) is 2.74. The Kier molecular flexibility index (Phi) is 4.03. The van der Waals surface area contributed by atoms with Gasteiger partial charge in [0.2, 0.25) is 0 Å². The predicted molar refractivity (Wildman–Crippen MR) is 77.3 cm³/mol. The minimum absolute atomic E-state index is 0.120. The van der Waals surface area contributed by atoms with Gasteiger partial charge in [0.05, 0.1) is 0 Å². The largest absolute Gasteiger partial charge is 0.367 e. The molecule has 0 saturated carbocycles. The van der Waals surface area contributed by atoms with Gasteiger partial charge in [0, 0.05) is 25.7 Å². The first kappa shape index (κ1) is 13.6. The fraction of sp³-hybridized carbons (Fsp3) is 0.562. The lowest BCUT2D eigenvalue weighted by Gasteiger charge is -2.31. The van der Waals surface area contributed by atoms with Crippen LogP contribution in [0.1, 0.15) is 30.9 Å². The van der Waals surface area contributed by atoms with Crippen molar-refractivity contribution in [1.29, 1.82) is 0 Å². The van der Waals surface area contributed by atoms with E-state index in [9.17, 15) is 4.79 Å². The van der Waals surface area contributed by atoms with E-state index in [0.717, 1.165) is 37.9 Å². The van der Waals surface area contributed by atoms with Crippen LogP contribution >= 0.6 is 0 Å². The highest BCUT2D eigenvalue weighted by atomic mass is 16.5. The SMILES string of the molecule is COC(C(=O)N1C2CCNCC1CC2)c1ccccc1. The van der Waals surface area contributed by atoms with Crippen molar-refractivity contribution in [2.45, 2.75) is 37.5 Å². The Morgan fingerprint density at radius 3 is 2.75 bits per heavy atom. The summed E-state index contributed by atoms with van der Waals surface area (Å²) in [4.78, 5) is 15.0. The minimum Gasteiger partial charge on any atom is -0.367 e. The van der Waals surface area contributed by atoms with Crippen molar-refractivity contribution in [3.05, 3.63) is 35.9 Å². The summed E-state index contributed by atoms with van der Waals surface area (Å²) in [6.45, 7) is 1.92. The van der Waals surface area contributed by atoms with Gasteiger partial charge in [0.1, 0.15) is 0 Å². The summed E-state index contributed by atoms with van der Waals surface area (Å²) in [5, 5.41) is 3.43. The number of benzene rings is 1. The second kappa shape index (κ2) is 5.94. The zero-order valence-corrected chi connectivity index (χ0v) is 11.9. The van der Waals surface area contributed by atoms with Crippen LogP contribution in [0, 0.1) is 0 Å². The summed E-state index contributed by atoms with van der Waals surface area (Å²) in [6.07, 6.45) is 2.81. The summed E-state index contributed by atoms with van der Waals surface area (Å²) in [7, 11) is 1.62. The number of fused-ring (bicyclic) bond motifs is 2. The molecular weight excluding hydrogens is 252 g/mol. The van der Waals surface area contributed by atoms with Gasteiger partial charge in [-0.05, 0) is 31.4 Å². The number of carbonyl (C=O) groups excluding carboxylic acids is 1. The second-order valence-corrected chi connectivity index (χ2v) is 5.65. The molecule has 1 N–H and O–H groups in total. The van der Waals surface area contributed by atoms with Gasteiger partial charge in [-0.2, -0.15) is 0 Å². The number of ether oxygens (including phenoxy) is 1. The molecule has 1 aromatic rings. The number of nitrogens with zero attached hydrogens (tertiary/aromatic N) is 1. The van der Waals surface area contributed by atoms with Crippen LogP contribution in [0.2, 0.25) is 0 Å². The van der Waals surface area contributed by atoms with E-state index >= 15 is 0 Å². The van der Waals surface area contributed by atoms with Crippen LogP contribution in [0.3, 0.4) is 0 Å². The molecule has 1 aromatic carbocycles. The molecule has 0 aromatic heterocycles. The van der Waals surface area contributed by atoms with Crippen molar-refractivity contribution in [2.24, 2.45) is 0 Å². The zero-order valence-electron chi connectivity index (χ0n) is 11.9. The van der Waals surface area contributed by atoms with E-state index in [2.05, 4.69) is 10.2 Å². The van der Waals surface area contributed by atoms with E-state index in [1.165, 1.54) is 0 Å². The molecule has 20 heavy (non-hydrogen) atoms. The molecule has 2 heterocycles. The summed E-state index contributed by atoms with van der Waals surface area (Å²) in [5.41, 5.74) is 0.941. The Hall–Kier alpha value is -1.39. The minimum atomic E-state index is -0.475. The molecule has 108 valence electrons. The molecule has 3 unspecified atom stereocenters. The molecule has 2 aliphatic heterocycles. The molecule has 0 aliphatic carbocycles.